The first-order valence-electron chi connectivity index (χ1n) is 7.27. The van der Waals surface area contributed by atoms with E-state index in [4.69, 9.17) is 4.52 Å². The predicted molar refractivity (Wildman–Crippen MR) is 89.4 cm³/mol. The van der Waals surface area contributed by atoms with Gasteiger partial charge < -0.3 is 0 Å². The van der Waals surface area contributed by atoms with Gasteiger partial charge in [-0.2, -0.15) is 0 Å². The Bertz CT molecular complexity index is 712. The molecule has 1 unspecified atom stereocenters. The standard InChI is InChI=1S/C18H20O3P/c1-5-21-22(20)16-9-7-6-8-15(16)18(19)17-13(3)10-12(2)11-14(17)4/h6-11H,5H2,1-4H3/q+1. The lowest BCUT2D eigenvalue weighted by molar-refractivity contribution is 0.103. The number of carbonyl (C=O) groups excluding carboxylic acids is 1. The first kappa shape index (κ1) is 16.5. The number of benzene rings is 2. The summed E-state index contributed by atoms with van der Waals surface area (Å²) in [5, 5.41) is 0.462. The fourth-order valence-corrected chi connectivity index (χ4v) is 3.64. The molecule has 0 aliphatic rings. The van der Waals surface area contributed by atoms with Gasteiger partial charge in [0.1, 0.15) is 6.61 Å². The third-order valence-electron chi connectivity index (χ3n) is 3.50. The minimum absolute atomic E-state index is 0.103. The van der Waals surface area contributed by atoms with E-state index in [2.05, 4.69) is 0 Å². The van der Waals surface area contributed by atoms with Crippen molar-refractivity contribution in [3.05, 3.63) is 64.2 Å². The molecule has 0 radical (unpaired) electrons. The molecule has 0 saturated heterocycles. The van der Waals surface area contributed by atoms with Gasteiger partial charge in [-0.1, -0.05) is 29.8 Å². The van der Waals surface area contributed by atoms with Gasteiger partial charge in [0.15, 0.2) is 5.78 Å². The van der Waals surface area contributed by atoms with Crippen molar-refractivity contribution in [2.24, 2.45) is 0 Å². The molecule has 3 nitrogen and oxygen atoms in total. The van der Waals surface area contributed by atoms with Gasteiger partial charge in [0.25, 0.3) is 0 Å². The quantitative estimate of drug-likeness (QED) is 0.612. The van der Waals surface area contributed by atoms with Crippen molar-refractivity contribution in [3.8, 4) is 0 Å². The van der Waals surface area contributed by atoms with Crippen molar-refractivity contribution in [2.75, 3.05) is 6.61 Å². The van der Waals surface area contributed by atoms with E-state index in [1.807, 2.05) is 32.9 Å². The number of carbonyl (C=O) groups is 1. The Morgan fingerprint density at radius 3 is 2.27 bits per heavy atom. The number of hydrogen-bond acceptors (Lipinski definition) is 3. The van der Waals surface area contributed by atoms with Crippen LogP contribution in [0.15, 0.2) is 36.4 Å². The highest BCUT2D eigenvalue weighted by Crippen LogP contribution is 2.26. The Kier molecular flexibility index (Phi) is 5.23. The normalized spacial score (nSPS) is 11.4. The molecule has 0 aliphatic carbocycles. The summed E-state index contributed by atoms with van der Waals surface area (Å²) in [5.41, 5.74) is 4.12. The Morgan fingerprint density at radius 1 is 1.09 bits per heavy atom. The Balaban J connectivity index is 2.54. The zero-order chi connectivity index (χ0) is 16.3. The Morgan fingerprint density at radius 2 is 1.68 bits per heavy atom. The molecule has 2 rings (SSSR count). The monoisotopic (exact) mass is 315 g/mol. The molecule has 1 atom stereocenters. The molecular formula is C18H20O3P+. The number of ketones is 1. The summed E-state index contributed by atoms with van der Waals surface area (Å²) in [5.74, 6) is -0.103. The molecule has 0 bridgehead atoms. The molecule has 0 heterocycles. The first-order chi connectivity index (χ1) is 10.5. The SMILES string of the molecule is CCO[P+](=O)c1ccccc1C(=O)c1c(C)cc(C)cc1C. The van der Waals surface area contributed by atoms with E-state index < -0.39 is 8.03 Å². The van der Waals surface area contributed by atoms with E-state index in [-0.39, 0.29) is 5.78 Å². The predicted octanol–water partition coefficient (Wildman–Crippen LogP) is 4.25. The third-order valence-corrected chi connectivity index (χ3v) is 4.77. The number of aryl methyl sites for hydroxylation is 3. The van der Waals surface area contributed by atoms with Crippen LogP contribution in [0.3, 0.4) is 0 Å². The van der Waals surface area contributed by atoms with Gasteiger partial charge in [0.2, 0.25) is 5.30 Å². The molecule has 0 aliphatic heterocycles. The van der Waals surface area contributed by atoms with Crippen molar-refractivity contribution < 1.29 is 13.9 Å². The van der Waals surface area contributed by atoms with E-state index in [9.17, 15) is 9.36 Å². The van der Waals surface area contributed by atoms with Crippen LogP contribution in [0.1, 0.15) is 39.5 Å². The summed E-state index contributed by atoms with van der Waals surface area (Å²) in [7, 11) is -2.02. The van der Waals surface area contributed by atoms with Crippen molar-refractivity contribution in [1.82, 2.24) is 0 Å². The summed E-state index contributed by atoms with van der Waals surface area (Å²) in [4.78, 5) is 12.9. The van der Waals surface area contributed by atoms with Crippen molar-refractivity contribution in [3.63, 3.8) is 0 Å². The van der Waals surface area contributed by atoms with Crippen LogP contribution in [0.5, 0.6) is 0 Å². The van der Waals surface area contributed by atoms with Crippen LogP contribution in [0, 0.1) is 20.8 Å². The summed E-state index contributed by atoms with van der Waals surface area (Å²) < 4.78 is 17.4. The lowest BCUT2D eigenvalue weighted by atomic mass is 9.93. The summed E-state index contributed by atoms with van der Waals surface area (Å²) in [6, 6.07) is 10.9. The van der Waals surface area contributed by atoms with Crippen LogP contribution in [-0.4, -0.2) is 12.4 Å². The fourth-order valence-electron chi connectivity index (χ4n) is 2.68. The molecule has 0 saturated carbocycles. The molecule has 0 fully saturated rings. The average molecular weight is 315 g/mol. The van der Waals surface area contributed by atoms with E-state index in [1.165, 1.54) is 0 Å². The van der Waals surface area contributed by atoms with Crippen molar-refractivity contribution in [1.29, 1.82) is 0 Å². The highest BCUT2D eigenvalue weighted by Gasteiger charge is 2.30. The van der Waals surface area contributed by atoms with E-state index in [1.54, 1.807) is 31.2 Å². The first-order valence-corrected chi connectivity index (χ1v) is 8.45. The number of hydrogen-bond donors (Lipinski definition) is 0. The van der Waals surface area contributed by atoms with Crippen molar-refractivity contribution in [2.45, 2.75) is 27.7 Å². The molecule has 22 heavy (non-hydrogen) atoms. The van der Waals surface area contributed by atoms with Gasteiger partial charge >= 0.3 is 8.03 Å². The highest BCUT2D eigenvalue weighted by atomic mass is 31.1. The fraction of sp³-hybridized carbons (Fsp3) is 0.278. The third kappa shape index (κ3) is 3.32. The van der Waals surface area contributed by atoms with Crippen LogP contribution >= 0.6 is 8.03 Å². The average Bonchev–Trinajstić information content (AvgIpc) is 2.46. The van der Waals surface area contributed by atoms with Gasteiger partial charge in [0.05, 0.1) is 5.56 Å². The van der Waals surface area contributed by atoms with Gasteiger partial charge in [-0.3, -0.25) is 4.79 Å². The Hall–Kier alpha value is -1.83. The molecule has 0 aromatic heterocycles. The highest BCUT2D eigenvalue weighted by molar-refractivity contribution is 7.48. The van der Waals surface area contributed by atoms with E-state index >= 15 is 0 Å². The Labute approximate surface area is 132 Å². The molecule has 114 valence electrons. The maximum absolute atomic E-state index is 12.9. The summed E-state index contributed by atoms with van der Waals surface area (Å²) in [6.07, 6.45) is 0. The maximum atomic E-state index is 12.9. The molecule has 0 spiro atoms. The summed E-state index contributed by atoms with van der Waals surface area (Å²) in [6.45, 7) is 8.00. The molecule has 2 aromatic carbocycles. The second kappa shape index (κ2) is 6.95. The lowest BCUT2D eigenvalue weighted by Crippen LogP contribution is -2.16. The maximum Gasteiger partial charge on any atom is 0.549 e. The molecule has 4 heteroatoms. The van der Waals surface area contributed by atoms with E-state index in [0.717, 1.165) is 16.7 Å². The summed E-state index contributed by atoms with van der Waals surface area (Å²) >= 11 is 0. The lowest BCUT2D eigenvalue weighted by Gasteiger charge is -2.10. The topological polar surface area (TPSA) is 43.4 Å². The van der Waals surface area contributed by atoms with Gasteiger partial charge in [0, 0.05) is 5.56 Å². The second-order valence-corrected chi connectivity index (χ2v) is 6.55. The number of rotatable bonds is 5. The largest absolute Gasteiger partial charge is 0.549 e. The zero-order valence-electron chi connectivity index (χ0n) is 13.3. The van der Waals surface area contributed by atoms with Crippen LogP contribution < -0.4 is 5.30 Å². The van der Waals surface area contributed by atoms with Crippen LogP contribution in [-0.2, 0) is 9.09 Å². The molecule has 2 aromatic rings. The smallest absolute Gasteiger partial charge is 0.288 e. The van der Waals surface area contributed by atoms with E-state index in [0.29, 0.717) is 23.0 Å². The zero-order valence-corrected chi connectivity index (χ0v) is 14.2. The molecular weight excluding hydrogens is 295 g/mol. The molecule has 0 amide bonds. The van der Waals surface area contributed by atoms with Gasteiger partial charge in [-0.25, -0.2) is 0 Å². The second-order valence-electron chi connectivity index (χ2n) is 5.29. The minimum atomic E-state index is -2.02. The van der Waals surface area contributed by atoms with Crippen LogP contribution in [0.25, 0.3) is 0 Å². The van der Waals surface area contributed by atoms with Crippen LogP contribution in [0.2, 0.25) is 0 Å². The van der Waals surface area contributed by atoms with Gasteiger partial charge in [-0.05, 0) is 55.5 Å². The van der Waals surface area contributed by atoms with Crippen molar-refractivity contribution >= 4 is 19.1 Å². The van der Waals surface area contributed by atoms with Gasteiger partial charge in [-0.15, -0.1) is 4.52 Å². The minimum Gasteiger partial charge on any atom is -0.288 e. The van der Waals surface area contributed by atoms with Crippen LogP contribution in [0.4, 0.5) is 0 Å². The molecule has 0 N–H and O–H groups in total.